The van der Waals surface area contributed by atoms with Crippen LogP contribution >= 0.6 is 0 Å². The molecule has 2 rings (SSSR count). The SMILES string of the molecule is COC1CCCC1N1CCNC1=O. The lowest BCUT2D eigenvalue weighted by molar-refractivity contribution is 0.0530. The molecule has 4 nitrogen and oxygen atoms in total. The van der Waals surface area contributed by atoms with Crippen LogP contribution < -0.4 is 5.32 Å². The van der Waals surface area contributed by atoms with Gasteiger partial charge >= 0.3 is 6.03 Å². The summed E-state index contributed by atoms with van der Waals surface area (Å²) in [5.74, 6) is 0. The number of urea groups is 1. The minimum Gasteiger partial charge on any atom is -0.379 e. The van der Waals surface area contributed by atoms with Crippen molar-refractivity contribution in [2.45, 2.75) is 31.4 Å². The first-order chi connectivity index (χ1) is 6.33. The van der Waals surface area contributed by atoms with E-state index >= 15 is 0 Å². The van der Waals surface area contributed by atoms with E-state index < -0.39 is 0 Å². The van der Waals surface area contributed by atoms with Gasteiger partial charge in [-0.1, -0.05) is 0 Å². The van der Waals surface area contributed by atoms with Crippen LogP contribution in [0.5, 0.6) is 0 Å². The first-order valence-corrected chi connectivity index (χ1v) is 4.90. The molecule has 1 saturated carbocycles. The molecule has 2 aliphatic rings. The number of methoxy groups -OCH3 is 1. The Morgan fingerprint density at radius 2 is 2.38 bits per heavy atom. The van der Waals surface area contributed by atoms with Gasteiger partial charge in [-0.3, -0.25) is 0 Å². The molecular formula is C9H16N2O2. The average Bonchev–Trinajstić information content (AvgIpc) is 2.71. The van der Waals surface area contributed by atoms with Gasteiger partial charge in [0.05, 0.1) is 12.1 Å². The van der Waals surface area contributed by atoms with E-state index in [4.69, 9.17) is 4.74 Å². The summed E-state index contributed by atoms with van der Waals surface area (Å²) in [5.41, 5.74) is 0. The number of carbonyl (C=O) groups is 1. The molecule has 4 heteroatoms. The van der Waals surface area contributed by atoms with Crippen molar-refractivity contribution in [3.63, 3.8) is 0 Å². The molecule has 1 heterocycles. The number of hydrogen-bond acceptors (Lipinski definition) is 2. The van der Waals surface area contributed by atoms with Gasteiger partial charge in [0.2, 0.25) is 0 Å². The van der Waals surface area contributed by atoms with E-state index in [2.05, 4.69) is 5.32 Å². The maximum atomic E-state index is 11.4. The standard InChI is InChI=1S/C9H16N2O2/c1-13-8-4-2-3-7(8)11-6-5-10-9(11)12/h7-8H,2-6H2,1H3,(H,10,12). The fraction of sp³-hybridized carbons (Fsp3) is 0.889. The molecule has 1 N–H and O–H groups in total. The minimum absolute atomic E-state index is 0.0777. The summed E-state index contributed by atoms with van der Waals surface area (Å²) in [4.78, 5) is 13.3. The fourth-order valence-electron chi connectivity index (χ4n) is 2.34. The maximum Gasteiger partial charge on any atom is 0.317 e. The van der Waals surface area contributed by atoms with Crippen LogP contribution in [0, 0.1) is 0 Å². The van der Waals surface area contributed by atoms with Crippen LogP contribution in [0.15, 0.2) is 0 Å². The predicted molar refractivity (Wildman–Crippen MR) is 48.5 cm³/mol. The molecule has 1 saturated heterocycles. The third kappa shape index (κ3) is 1.50. The number of carbonyl (C=O) groups excluding carboxylic acids is 1. The topological polar surface area (TPSA) is 41.6 Å². The third-order valence-electron chi connectivity index (χ3n) is 3.01. The highest BCUT2D eigenvalue weighted by atomic mass is 16.5. The molecule has 0 radical (unpaired) electrons. The molecular weight excluding hydrogens is 168 g/mol. The Kier molecular flexibility index (Phi) is 2.40. The lowest BCUT2D eigenvalue weighted by atomic mass is 10.2. The lowest BCUT2D eigenvalue weighted by Gasteiger charge is -2.27. The Bertz CT molecular complexity index is 208. The van der Waals surface area contributed by atoms with Gasteiger partial charge in [-0.15, -0.1) is 0 Å². The molecule has 0 aromatic carbocycles. The second-order valence-electron chi connectivity index (χ2n) is 3.70. The summed E-state index contributed by atoms with van der Waals surface area (Å²) in [6.07, 6.45) is 3.60. The maximum absolute atomic E-state index is 11.4. The van der Waals surface area contributed by atoms with Gasteiger partial charge in [0.25, 0.3) is 0 Å². The molecule has 1 aliphatic heterocycles. The molecule has 13 heavy (non-hydrogen) atoms. The van der Waals surface area contributed by atoms with Crippen molar-refractivity contribution in [1.29, 1.82) is 0 Å². The van der Waals surface area contributed by atoms with Gasteiger partial charge in [0.15, 0.2) is 0 Å². The highest BCUT2D eigenvalue weighted by Gasteiger charge is 2.36. The molecule has 2 amide bonds. The van der Waals surface area contributed by atoms with Gasteiger partial charge in [0.1, 0.15) is 0 Å². The average molecular weight is 184 g/mol. The van der Waals surface area contributed by atoms with E-state index in [0.717, 1.165) is 25.9 Å². The summed E-state index contributed by atoms with van der Waals surface area (Å²) in [5, 5.41) is 2.82. The summed E-state index contributed by atoms with van der Waals surface area (Å²) in [6, 6.07) is 0.390. The Morgan fingerprint density at radius 3 is 3.00 bits per heavy atom. The van der Waals surface area contributed by atoms with Gasteiger partial charge in [0, 0.05) is 20.2 Å². The van der Waals surface area contributed by atoms with Crippen molar-refractivity contribution in [2.75, 3.05) is 20.2 Å². The number of amides is 2. The molecule has 2 fully saturated rings. The van der Waals surface area contributed by atoms with Crippen molar-refractivity contribution < 1.29 is 9.53 Å². The Morgan fingerprint density at radius 1 is 1.54 bits per heavy atom. The van der Waals surface area contributed by atoms with Crippen LogP contribution in [0.25, 0.3) is 0 Å². The van der Waals surface area contributed by atoms with E-state index in [-0.39, 0.29) is 12.1 Å². The molecule has 0 bridgehead atoms. The van der Waals surface area contributed by atoms with E-state index in [1.165, 1.54) is 6.42 Å². The van der Waals surface area contributed by atoms with Crippen molar-refractivity contribution in [3.8, 4) is 0 Å². The van der Waals surface area contributed by atoms with Gasteiger partial charge in [-0.05, 0) is 19.3 Å². The molecule has 2 atom stereocenters. The zero-order valence-corrected chi connectivity index (χ0v) is 7.95. The number of rotatable bonds is 2. The molecule has 0 spiro atoms. The number of hydrogen-bond donors (Lipinski definition) is 1. The number of nitrogens with zero attached hydrogens (tertiary/aromatic N) is 1. The minimum atomic E-state index is 0.0777. The smallest absolute Gasteiger partial charge is 0.317 e. The first-order valence-electron chi connectivity index (χ1n) is 4.90. The monoisotopic (exact) mass is 184 g/mol. The van der Waals surface area contributed by atoms with E-state index in [1.807, 2.05) is 4.90 Å². The van der Waals surface area contributed by atoms with Gasteiger partial charge in [-0.2, -0.15) is 0 Å². The Hall–Kier alpha value is -0.770. The van der Waals surface area contributed by atoms with Crippen LogP contribution in [0.1, 0.15) is 19.3 Å². The van der Waals surface area contributed by atoms with E-state index in [1.54, 1.807) is 7.11 Å². The molecule has 0 aromatic heterocycles. The number of nitrogens with one attached hydrogen (secondary N) is 1. The van der Waals surface area contributed by atoms with Crippen molar-refractivity contribution in [1.82, 2.24) is 10.2 Å². The Balaban J connectivity index is 2.02. The largest absolute Gasteiger partial charge is 0.379 e. The van der Waals surface area contributed by atoms with Gasteiger partial charge < -0.3 is 15.0 Å². The highest BCUT2D eigenvalue weighted by Crippen LogP contribution is 2.27. The molecule has 0 aromatic rings. The second-order valence-corrected chi connectivity index (χ2v) is 3.70. The molecule has 1 aliphatic carbocycles. The Labute approximate surface area is 78.2 Å². The normalized spacial score (nSPS) is 33.9. The zero-order valence-electron chi connectivity index (χ0n) is 7.95. The summed E-state index contributed by atoms with van der Waals surface area (Å²) in [7, 11) is 1.73. The quantitative estimate of drug-likeness (QED) is 0.682. The van der Waals surface area contributed by atoms with Crippen LogP contribution in [-0.4, -0.2) is 43.3 Å². The lowest BCUT2D eigenvalue weighted by Crippen LogP contribution is -2.43. The summed E-state index contributed by atoms with van der Waals surface area (Å²) >= 11 is 0. The zero-order chi connectivity index (χ0) is 9.26. The second kappa shape index (κ2) is 3.54. The van der Waals surface area contributed by atoms with E-state index in [9.17, 15) is 4.79 Å². The van der Waals surface area contributed by atoms with Crippen molar-refractivity contribution >= 4 is 6.03 Å². The van der Waals surface area contributed by atoms with Crippen molar-refractivity contribution in [2.24, 2.45) is 0 Å². The summed E-state index contributed by atoms with van der Waals surface area (Å²) < 4.78 is 5.36. The first kappa shape index (κ1) is 8.81. The van der Waals surface area contributed by atoms with Crippen LogP contribution in [0.2, 0.25) is 0 Å². The summed E-state index contributed by atoms with van der Waals surface area (Å²) in [6.45, 7) is 1.62. The highest BCUT2D eigenvalue weighted by molar-refractivity contribution is 5.76. The van der Waals surface area contributed by atoms with Crippen LogP contribution in [0.4, 0.5) is 4.79 Å². The predicted octanol–water partition coefficient (Wildman–Crippen LogP) is 0.579. The van der Waals surface area contributed by atoms with Crippen molar-refractivity contribution in [3.05, 3.63) is 0 Å². The van der Waals surface area contributed by atoms with Crippen LogP contribution in [0.3, 0.4) is 0 Å². The van der Waals surface area contributed by atoms with Gasteiger partial charge in [-0.25, -0.2) is 4.79 Å². The third-order valence-corrected chi connectivity index (χ3v) is 3.01. The molecule has 74 valence electrons. The van der Waals surface area contributed by atoms with Crippen LogP contribution in [-0.2, 0) is 4.74 Å². The van der Waals surface area contributed by atoms with E-state index in [0.29, 0.717) is 6.04 Å². The number of ether oxygens (including phenoxy) is 1. The fourth-order valence-corrected chi connectivity index (χ4v) is 2.34. The molecule has 2 unspecified atom stereocenters.